The lowest BCUT2D eigenvalue weighted by atomic mass is 10.3. The summed E-state index contributed by atoms with van der Waals surface area (Å²) in [5, 5.41) is 2.24. The van der Waals surface area contributed by atoms with Gasteiger partial charge in [0.25, 0.3) is 6.29 Å². The molecule has 1 aliphatic heterocycles. The Balaban J connectivity index is 2.11. The van der Waals surface area contributed by atoms with E-state index in [4.69, 9.17) is 9.47 Å². The Labute approximate surface area is 116 Å². The highest BCUT2D eigenvalue weighted by atomic mass is 79.9. The first kappa shape index (κ1) is 13.6. The van der Waals surface area contributed by atoms with Crippen LogP contribution in [0.5, 0.6) is 0 Å². The molecule has 1 aromatic rings. The molecule has 0 unspecified atom stereocenters. The van der Waals surface area contributed by atoms with Crippen LogP contribution < -0.4 is 10.2 Å². The maximum atomic E-state index is 13.4. The van der Waals surface area contributed by atoms with Gasteiger partial charge in [0.2, 0.25) is 0 Å². The number of hydrogen-bond donors (Lipinski definition) is 1. The molecule has 6 nitrogen and oxygen atoms in total. The topological polar surface area (TPSA) is 67.9 Å². The van der Waals surface area contributed by atoms with Gasteiger partial charge in [-0.3, -0.25) is 4.90 Å². The van der Waals surface area contributed by atoms with E-state index in [1.54, 1.807) is 6.07 Å². The Bertz CT molecular complexity index is 525. The van der Waals surface area contributed by atoms with Crippen molar-refractivity contribution >= 4 is 33.8 Å². The van der Waals surface area contributed by atoms with Crippen molar-refractivity contribution in [2.45, 2.75) is 6.29 Å². The summed E-state index contributed by atoms with van der Waals surface area (Å²) >= 11 is 3.02. The lowest BCUT2D eigenvalue weighted by molar-refractivity contribution is -0.0285. The first-order chi connectivity index (χ1) is 9.01. The molecule has 0 aromatic heterocycles. The van der Waals surface area contributed by atoms with Crippen molar-refractivity contribution in [3.63, 3.8) is 0 Å². The fourth-order valence-electron chi connectivity index (χ4n) is 1.54. The van der Waals surface area contributed by atoms with Crippen molar-refractivity contribution in [2.24, 2.45) is 0 Å². The van der Waals surface area contributed by atoms with Gasteiger partial charge >= 0.3 is 12.2 Å². The molecule has 1 atom stereocenters. The summed E-state index contributed by atoms with van der Waals surface area (Å²) in [7, 11) is 1.39. The van der Waals surface area contributed by atoms with Crippen molar-refractivity contribution in [3.8, 4) is 0 Å². The average molecular weight is 333 g/mol. The minimum absolute atomic E-state index is 0.00727. The number of nitrogens with one attached hydrogen (secondary N) is 1. The molecular weight excluding hydrogens is 323 g/mol. The lowest BCUT2D eigenvalue weighted by Gasteiger charge is -2.13. The molecule has 1 aromatic carbocycles. The van der Waals surface area contributed by atoms with Gasteiger partial charge in [-0.25, -0.2) is 14.0 Å². The van der Waals surface area contributed by atoms with Crippen LogP contribution in [-0.4, -0.2) is 32.1 Å². The number of carbonyl (C=O) groups excluding carboxylic acids is 2. The summed E-state index contributed by atoms with van der Waals surface area (Å²) in [5.41, 5.74) is 0.328. The van der Waals surface area contributed by atoms with E-state index in [0.29, 0.717) is 10.2 Å². The van der Waals surface area contributed by atoms with E-state index >= 15 is 0 Å². The summed E-state index contributed by atoms with van der Waals surface area (Å²) in [5.74, 6) is -0.499. The minimum atomic E-state index is -1.01. The number of ether oxygens (including phenoxy) is 2. The zero-order valence-electron chi connectivity index (χ0n) is 9.85. The fraction of sp³-hybridized carbons (Fsp3) is 0.273. The molecule has 8 heteroatoms. The van der Waals surface area contributed by atoms with Crippen LogP contribution in [0.3, 0.4) is 0 Å². The molecule has 1 saturated heterocycles. The van der Waals surface area contributed by atoms with Crippen molar-refractivity contribution in [1.29, 1.82) is 0 Å². The van der Waals surface area contributed by atoms with E-state index in [9.17, 15) is 14.0 Å². The average Bonchev–Trinajstić information content (AvgIpc) is 2.73. The maximum absolute atomic E-state index is 13.4. The SMILES string of the molecule is CNC(=O)O[C@@H]1CN(c2ccc(Br)c(F)c2)C(=O)O1. The van der Waals surface area contributed by atoms with Crippen molar-refractivity contribution in [3.05, 3.63) is 28.5 Å². The van der Waals surface area contributed by atoms with E-state index < -0.39 is 24.3 Å². The normalized spacial score (nSPS) is 18.2. The molecule has 102 valence electrons. The van der Waals surface area contributed by atoms with Crippen LogP contribution in [0.15, 0.2) is 22.7 Å². The van der Waals surface area contributed by atoms with Crippen LogP contribution >= 0.6 is 15.9 Å². The number of benzene rings is 1. The fourth-order valence-corrected chi connectivity index (χ4v) is 1.79. The number of alkyl carbamates (subject to hydrolysis) is 1. The molecule has 1 fully saturated rings. The Morgan fingerprint density at radius 1 is 1.63 bits per heavy atom. The lowest BCUT2D eigenvalue weighted by Crippen LogP contribution is -2.29. The number of cyclic esters (lactones) is 1. The smallest absolute Gasteiger partial charge is 0.407 e. The zero-order chi connectivity index (χ0) is 14.0. The largest absolute Gasteiger partial charge is 0.417 e. The van der Waals surface area contributed by atoms with Gasteiger partial charge < -0.3 is 14.8 Å². The zero-order valence-corrected chi connectivity index (χ0v) is 11.4. The Hall–Kier alpha value is -1.83. The standard InChI is InChI=1S/C11H10BrFN2O4/c1-14-10(16)18-9-5-15(11(17)19-9)6-2-3-7(12)8(13)4-6/h2-4,9H,5H2,1H3,(H,14,16)/t9-/m0/s1. The molecule has 0 spiro atoms. The molecular formula is C11H10BrFN2O4. The molecule has 0 bridgehead atoms. The Morgan fingerprint density at radius 2 is 2.37 bits per heavy atom. The first-order valence-corrected chi connectivity index (χ1v) is 6.12. The monoisotopic (exact) mass is 332 g/mol. The third-order valence-corrected chi connectivity index (χ3v) is 3.08. The molecule has 0 saturated carbocycles. The highest BCUT2D eigenvalue weighted by Crippen LogP contribution is 2.26. The number of carbonyl (C=O) groups is 2. The predicted molar refractivity (Wildman–Crippen MR) is 67.3 cm³/mol. The summed E-state index contributed by atoms with van der Waals surface area (Å²) in [6.07, 6.45) is -2.42. The number of rotatable bonds is 2. The molecule has 0 aliphatic carbocycles. The Kier molecular flexibility index (Phi) is 3.89. The van der Waals surface area contributed by atoms with Gasteiger partial charge in [0.05, 0.1) is 10.2 Å². The third-order valence-electron chi connectivity index (χ3n) is 2.44. The minimum Gasteiger partial charge on any atom is -0.407 e. The van der Waals surface area contributed by atoms with Crippen LogP contribution in [0, 0.1) is 5.82 Å². The highest BCUT2D eigenvalue weighted by Gasteiger charge is 2.35. The summed E-state index contributed by atoms with van der Waals surface area (Å²) < 4.78 is 23.3. The second-order valence-corrected chi connectivity index (χ2v) is 4.53. The number of halogens is 2. The van der Waals surface area contributed by atoms with E-state index in [-0.39, 0.29) is 6.54 Å². The molecule has 2 amide bonds. The molecule has 19 heavy (non-hydrogen) atoms. The van der Waals surface area contributed by atoms with E-state index in [2.05, 4.69) is 21.2 Å². The van der Waals surface area contributed by atoms with Crippen molar-refractivity contribution in [1.82, 2.24) is 5.32 Å². The van der Waals surface area contributed by atoms with E-state index in [1.807, 2.05) is 0 Å². The second-order valence-electron chi connectivity index (χ2n) is 3.68. The summed E-state index contributed by atoms with van der Waals surface area (Å²) in [6.45, 7) is 0.00727. The van der Waals surface area contributed by atoms with Gasteiger partial charge in [0, 0.05) is 7.05 Å². The van der Waals surface area contributed by atoms with Crippen LogP contribution in [0.25, 0.3) is 0 Å². The molecule has 1 heterocycles. The first-order valence-electron chi connectivity index (χ1n) is 5.33. The van der Waals surface area contributed by atoms with Gasteiger partial charge in [-0.1, -0.05) is 0 Å². The van der Waals surface area contributed by atoms with Gasteiger partial charge in [0.1, 0.15) is 12.4 Å². The summed E-state index contributed by atoms with van der Waals surface area (Å²) in [4.78, 5) is 23.8. The molecule has 0 radical (unpaired) electrons. The molecule has 1 aliphatic rings. The van der Waals surface area contributed by atoms with Gasteiger partial charge in [-0.15, -0.1) is 0 Å². The Morgan fingerprint density at radius 3 is 3.00 bits per heavy atom. The van der Waals surface area contributed by atoms with Crippen LogP contribution in [0.4, 0.5) is 19.7 Å². The van der Waals surface area contributed by atoms with Gasteiger partial charge in [-0.05, 0) is 34.1 Å². The van der Waals surface area contributed by atoms with E-state index in [0.717, 1.165) is 0 Å². The predicted octanol–water partition coefficient (Wildman–Crippen LogP) is 2.23. The van der Waals surface area contributed by atoms with Gasteiger partial charge in [0.15, 0.2) is 0 Å². The second kappa shape index (κ2) is 5.43. The highest BCUT2D eigenvalue weighted by molar-refractivity contribution is 9.10. The van der Waals surface area contributed by atoms with Crippen molar-refractivity contribution in [2.75, 3.05) is 18.5 Å². The van der Waals surface area contributed by atoms with Crippen LogP contribution in [-0.2, 0) is 9.47 Å². The van der Waals surface area contributed by atoms with Crippen LogP contribution in [0.1, 0.15) is 0 Å². The number of hydrogen-bond acceptors (Lipinski definition) is 4. The number of anilines is 1. The van der Waals surface area contributed by atoms with E-state index in [1.165, 1.54) is 24.1 Å². The summed E-state index contributed by atoms with van der Waals surface area (Å²) in [6, 6.07) is 4.22. The van der Waals surface area contributed by atoms with Crippen molar-refractivity contribution < 1.29 is 23.5 Å². The number of amides is 2. The van der Waals surface area contributed by atoms with Gasteiger partial charge in [-0.2, -0.15) is 0 Å². The van der Waals surface area contributed by atoms with Crippen LogP contribution in [0.2, 0.25) is 0 Å². The molecule has 1 N–H and O–H groups in total. The third kappa shape index (κ3) is 2.95. The maximum Gasteiger partial charge on any atom is 0.417 e. The number of nitrogens with zero attached hydrogens (tertiary/aromatic N) is 1. The molecule has 2 rings (SSSR count). The quantitative estimate of drug-likeness (QED) is 0.901.